The molecule has 0 aliphatic carbocycles. The van der Waals surface area contributed by atoms with Crippen molar-refractivity contribution < 1.29 is 9.53 Å². The third-order valence-corrected chi connectivity index (χ3v) is 4.51. The van der Waals surface area contributed by atoms with Gasteiger partial charge in [-0.2, -0.15) is 0 Å². The molecule has 1 aromatic heterocycles. The minimum atomic E-state index is -0.0106. The van der Waals surface area contributed by atoms with Gasteiger partial charge in [-0.3, -0.25) is 0 Å². The van der Waals surface area contributed by atoms with Crippen LogP contribution in [0, 0.1) is 0 Å². The van der Waals surface area contributed by atoms with E-state index in [0.717, 1.165) is 18.7 Å². The van der Waals surface area contributed by atoms with Gasteiger partial charge in [0.1, 0.15) is 12.4 Å². The summed E-state index contributed by atoms with van der Waals surface area (Å²) in [6.45, 7) is 2.50. The number of rotatable bonds is 4. The molecule has 0 saturated heterocycles. The number of benzene rings is 1. The summed E-state index contributed by atoms with van der Waals surface area (Å²) in [4.78, 5) is 15.4. The van der Waals surface area contributed by atoms with Crippen molar-refractivity contribution >= 4 is 17.4 Å². The summed E-state index contributed by atoms with van der Waals surface area (Å²) in [5.41, 5.74) is 1.28. The Morgan fingerprint density at radius 2 is 2.14 bits per heavy atom. The Labute approximate surface area is 128 Å². The molecule has 1 N–H and O–H groups in total. The van der Waals surface area contributed by atoms with Gasteiger partial charge in [0.2, 0.25) is 0 Å². The van der Waals surface area contributed by atoms with Crippen LogP contribution in [0.3, 0.4) is 0 Å². The number of ether oxygens (including phenoxy) is 1. The Hall–Kier alpha value is -2.01. The molecule has 2 aromatic rings. The second-order valence-corrected chi connectivity index (χ2v) is 5.93. The van der Waals surface area contributed by atoms with Crippen LogP contribution in [0.1, 0.15) is 10.4 Å². The monoisotopic (exact) mass is 302 g/mol. The zero-order chi connectivity index (χ0) is 14.5. The molecule has 0 saturated carbocycles. The zero-order valence-corrected chi connectivity index (χ0v) is 12.6. The molecular formula is C16H18N2O2S. The van der Waals surface area contributed by atoms with Gasteiger partial charge in [-0.1, -0.05) is 18.2 Å². The number of nitrogens with zero attached hydrogens (tertiary/aromatic N) is 1. The van der Waals surface area contributed by atoms with Crippen LogP contribution < -0.4 is 10.1 Å². The maximum atomic E-state index is 12.1. The van der Waals surface area contributed by atoms with Gasteiger partial charge in [0.25, 0.3) is 0 Å². The fourth-order valence-electron chi connectivity index (χ4n) is 2.38. The average molecular weight is 302 g/mol. The zero-order valence-electron chi connectivity index (χ0n) is 11.7. The first kappa shape index (κ1) is 13.9. The van der Waals surface area contributed by atoms with Gasteiger partial charge < -0.3 is 15.0 Å². The number of urea groups is 1. The van der Waals surface area contributed by atoms with E-state index >= 15 is 0 Å². The highest BCUT2D eigenvalue weighted by molar-refractivity contribution is 7.10. The molecule has 4 nitrogen and oxygen atoms in total. The van der Waals surface area contributed by atoms with Gasteiger partial charge in [-0.25, -0.2) is 4.79 Å². The summed E-state index contributed by atoms with van der Waals surface area (Å²) < 4.78 is 5.56. The topological polar surface area (TPSA) is 41.6 Å². The fraction of sp³-hybridized carbons (Fsp3) is 0.312. The van der Waals surface area contributed by atoms with Crippen LogP contribution in [0.2, 0.25) is 0 Å². The van der Waals surface area contributed by atoms with Crippen LogP contribution in [-0.2, 0) is 13.0 Å². The molecule has 3 rings (SSSR count). The van der Waals surface area contributed by atoms with E-state index in [0.29, 0.717) is 19.7 Å². The van der Waals surface area contributed by atoms with Crippen molar-refractivity contribution in [2.24, 2.45) is 0 Å². The summed E-state index contributed by atoms with van der Waals surface area (Å²) in [6, 6.07) is 11.7. The number of fused-ring (bicyclic) bond motifs is 1. The van der Waals surface area contributed by atoms with E-state index in [1.54, 1.807) is 11.3 Å². The number of para-hydroxylation sites is 1. The van der Waals surface area contributed by atoms with Crippen LogP contribution in [0.5, 0.6) is 5.75 Å². The number of carbonyl (C=O) groups is 1. The molecule has 1 aliphatic rings. The lowest BCUT2D eigenvalue weighted by atomic mass is 10.1. The molecule has 0 atom stereocenters. The molecular weight excluding hydrogens is 284 g/mol. The number of hydrogen-bond acceptors (Lipinski definition) is 3. The lowest BCUT2D eigenvalue weighted by molar-refractivity contribution is 0.190. The van der Waals surface area contributed by atoms with Crippen molar-refractivity contribution in [3.63, 3.8) is 0 Å². The number of hydrogen-bond donors (Lipinski definition) is 1. The number of amides is 2. The van der Waals surface area contributed by atoms with Crippen molar-refractivity contribution in [1.82, 2.24) is 10.2 Å². The largest absolute Gasteiger partial charge is 0.492 e. The van der Waals surface area contributed by atoms with E-state index in [1.807, 2.05) is 35.2 Å². The highest BCUT2D eigenvalue weighted by Crippen LogP contribution is 2.23. The minimum Gasteiger partial charge on any atom is -0.492 e. The molecule has 2 heterocycles. The summed E-state index contributed by atoms with van der Waals surface area (Å²) in [5.74, 6) is 0.827. The van der Waals surface area contributed by atoms with Crippen LogP contribution in [-0.4, -0.2) is 30.6 Å². The van der Waals surface area contributed by atoms with Crippen LogP contribution >= 0.6 is 11.3 Å². The summed E-state index contributed by atoms with van der Waals surface area (Å²) in [5, 5.41) is 5.01. The first-order chi connectivity index (χ1) is 10.3. The average Bonchev–Trinajstić information content (AvgIpc) is 3.00. The van der Waals surface area contributed by atoms with E-state index in [4.69, 9.17) is 4.74 Å². The van der Waals surface area contributed by atoms with E-state index in [9.17, 15) is 4.79 Å². The summed E-state index contributed by atoms with van der Waals surface area (Å²) in [6.07, 6.45) is 0.959. The Bertz CT molecular complexity index is 597. The van der Waals surface area contributed by atoms with E-state index in [1.165, 1.54) is 10.4 Å². The number of nitrogens with one attached hydrogen (secondary N) is 1. The first-order valence-corrected chi connectivity index (χ1v) is 7.97. The lowest BCUT2D eigenvalue weighted by Gasteiger charge is -2.27. The molecule has 110 valence electrons. The SMILES string of the molecule is O=C(NCCOc1ccccc1)N1CCc2sccc2C1. The third kappa shape index (κ3) is 3.55. The van der Waals surface area contributed by atoms with Gasteiger partial charge >= 0.3 is 6.03 Å². The molecule has 21 heavy (non-hydrogen) atoms. The molecule has 0 spiro atoms. The Balaban J connectivity index is 1.41. The quantitative estimate of drug-likeness (QED) is 0.882. The van der Waals surface area contributed by atoms with Gasteiger partial charge in [-0.15, -0.1) is 11.3 Å². The number of thiophene rings is 1. The number of carbonyl (C=O) groups excluding carboxylic acids is 1. The van der Waals surface area contributed by atoms with Gasteiger partial charge in [-0.05, 0) is 35.6 Å². The highest BCUT2D eigenvalue weighted by atomic mass is 32.1. The molecule has 2 amide bonds. The molecule has 5 heteroatoms. The van der Waals surface area contributed by atoms with Gasteiger partial charge in [0, 0.05) is 18.0 Å². The third-order valence-electron chi connectivity index (χ3n) is 3.49. The van der Waals surface area contributed by atoms with E-state index < -0.39 is 0 Å². The second kappa shape index (κ2) is 6.63. The van der Waals surface area contributed by atoms with Crippen molar-refractivity contribution in [3.05, 3.63) is 52.2 Å². The highest BCUT2D eigenvalue weighted by Gasteiger charge is 2.20. The predicted octanol–water partition coefficient (Wildman–Crippen LogP) is 2.89. The maximum absolute atomic E-state index is 12.1. The lowest BCUT2D eigenvalue weighted by Crippen LogP contribution is -2.43. The summed E-state index contributed by atoms with van der Waals surface area (Å²) >= 11 is 1.78. The maximum Gasteiger partial charge on any atom is 0.317 e. The Morgan fingerprint density at radius 1 is 1.29 bits per heavy atom. The second-order valence-electron chi connectivity index (χ2n) is 4.93. The molecule has 0 bridgehead atoms. The van der Waals surface area contributed by atoms with E-state index in [2.05, 4.69) is 16.8 Å². The van der Waals surface area contributed by atoms with Crippen molar-refractivity contribution in [2.75, 3.05) is 19.7 Å². The molecule has 0 radical (unpaired) electrons. The van der Waals surface area contributed by atoms with Crippen LogP contribution in [0.4, 0.5) is 4.79 Å². The molecule has 0 unspecified atom stereocenters. The Morgan fingerprint density at radius 3 is 3.00 bits per heavy atom. The first-order valence-electron chi connectivity index (χ1n) is 7.09. The smallest absolute Gasteiger partial charge is 0.317 e. The molecule has 1 aliphatic heterocycles. The van der Waals surface area contributed by atoms with Gasteiger partial charge in [0.15, 0.2) is 0 Å². The van der Waals surface area contributed by atoms with Crippen molar-refractivity contribution in [1.29, 1.82) is 0 Å². The molecule has 1 aromatic carbocycles. The van der Waals surface area contributed by atoms with Crippen LogP contribution in [0.15, 0.2) is 41.8 Å². The van der Waals surface area contributed by atoms with Crippen molar-refractivity contribution in [2.45, 2.75) is 13.0 Å². The predicted molar refractivity (Wildman–Crippen MR) is 83.8 cm³/mol. The normalized spacial score (nSPS) is 13.6. The summed E-state index contributed by atoms with van der Waals surface area (Å²) in [7, 11) is 0. The van der Waals surface area contributed by atoms with Crippen LogP contribution in [0.25, 0.3) is 0 Å². The minimum absolute atomic E-state index is 0.0106. The molecule has 0 fully saturated rings. The van der Waals surface area contributed by atoms with Crippen molar-refractivity contribution in [3.8, 4) is 5.75 Å². The Kier molecular flexibility index (Phi) is 4.40. The van der Waals surface area contributed by atoms with Gasteiger partial charge in [0.05, 0.1) is 6.54 Å². The fourth-order valence-corrected chi connectivity index (χ4v) is 3.27. The standard InChI is InChI=1S/C16H18N2O2S/c19-16(17-8-10-20-14-4-2-1-3-5-14)18-9-6-15-13(12-18)7-11-21-15/h1-5,7,11H,6,8-10,12H2,(H,17,19). The van der Waals surface area contributed by atoms with E-state index in [-0.39, 0.29) is 6.03 Å².